The van der Waals surface area contributed by atoms with Crippen LogP contribution in [0.1, 0.15) is 48.8 Å². The van der Waals surface area contributed by atoms with Crippen molar-refractivity contribution < 1.29 is 4.79 Å². The van der Waals surface area contributed by atoms with Crippen LogP contribution in [-0.2, 0) is 11.3 Å². The van der Waals surface area contributed by atoms with Gasteiger partial charge in [-0.05, 0) is 43.9 Å². The first-order valence-corrected chi connectivity index (χ1v) is 8.89. The molecule has 1 heterocycles. The number of nitrogens with one attached hydrogen (secondary N) is 2. The smallest absolute Gasteiger partial charge is 0.314 e. The van der Waals surface area contributed by atoms with E-state index >= 15 is 0 Å². The van der Waals surface area contributed by atoms with Gasteiger partial charge in [0.2, 0.25) is 5.91 Å². The van der Waals surface area contributed by atoms with Crippen LogP contribution in [0.4, 0.5) is 0 Å². The molecule has 1 saturated carbocycles. The summed E-state index contributed by atoms with van der Waals surface area (Å²) in [5.41, 5.74) is 2.81. The summed E-state index contributed by atoms with van der Waals surface area (Å²) < 4.78 is 0. The third-order valence-corrected chi connectivity index (χ3v) is 5.40. The van der Waals surface area contributed by atoms with E-state index < -0.39 is 11.1 Å². The predicted molar refractivity (Wildman–Crippen MR) is 97.7 cm³/mol. The minimum atomic E-state index is -0.668. The number of carbonyl (C=O) groups is 1. The molecule has 0 saturated heterocycles. The summed E-state index contributed by atoms with van der Waals surface area (Å²) in [5, 5.41) is 0. The van der Waals surface area contributed by atoms with Gasteiger partial charge in [-0.1, -0.05) is 19.3 Å². The maximum Gasteiger partial charge on any atom is 0.314 e. The number of carbonyl (C=O) groups excluding carboxylic acids is 1. The summed E-state index contributed by atoms with van der Waals surface area (Å²) in [5.74, 6) is 0.273. The van der Waals surface area contributed by atoms with Crippen LogP contribution in [0.3, 0.4) is 0 Å². The normalized spacial score (nSPS) is 15.5. The van der Waals surface area contributed by atoms with Crippen molar-refractivity contribution in [1.82, 2.24) is 14.9 Å². The Morgan fingerprint density at radius 1 is 1.12 bits per heavy atom. The highest BCUT2D eigenvalue weighted by atomic mass is 16.2. The van der Waals surface area contributed by atoms with Crippen LogP contribution >= 0.6 is 0 Å². The fraction of sp³-hybridized carbons (Fsp3) is 0.526. The van der Waals surface area contributed by atoms with Crippen LogP contribution in [0.15, 0.2) is 15.7 Å². The second kappa shape index (κ2) is 6.86. The van der Waals surface area contributed by atoms with Crippen molar-refractivity contribution in [3.63, 3.8) is 0 Å². The molecule has 1 aliphatic rings. The van der Waals surface area contributed by atoms with Crippen molar-refractivity contribution >= 4 is 16.9 Å². The number of aromatic nitrogens is 2. The number of hydrogen-bond acceptors (Lipinski definition) is 3. The van der Waals surface area contributed by atoms with Crippen LogP contribution in [0.5, 0.6) is 0 Å². The van der Waals surface area contributed by atoms with E-state index in [1.54, 1.807) is 4.90 Å². The Bertz CT molecular complexity index is 920. The number of amides is 1. The Labute approximate surface area is 146 Å². The summed E-state index contributed by atoms with van der Waals surface area (Å²) in [4.78, 5) is 43.2. The van der Waals surface area contributed by atoms with E-state index in [1.165, 1.54) is 6.42 Å². The van der Waals surface area contributed by atoms with Crippen molar-refractivity contribution in [1.29, 1.82) is 0 Å². The molecule has 1 fully saturated rings. The first-order chi connectivity index (χ1) is 11.9. The van der Waals surface area contributed by atoms with Gasteiger partial charge in [-0.2, -0.15) is 0 Å². The van der Waals surface area contributed by atoms with Gasteiger partial charge in [-0.25, -0.2) is 0 Å². The summed E-state index contributed by atoms with van der Waals surface area (Å²) in [6.45, 7) is 4.36. The predicted octanol–water partition coefficient (Wildman–Crippen LogP) is 2.37. The number of nitrogens with zero attached hydrogens (tertiary/aromatic N) is 1. The van der Waals surface area contributed by atoms with Gasteiger partial charge in [0.05, 0.1) is 11.0 Å². The van der Waals surface area contributed by atoms with E-state index in [0.29, 0.717) is 17.6 Å². The lowest BCUT2D eigenvalue weighted by Gasteiger charge is -2.27. The fourth-order valence-electron chi connectivity index (χ4n) is 3.75. The lowest BCUT2D eigenvalue weighted by molar-refractivity contribution is -0.135. The second-order valence-corrected chi connectivity index (χ2v) is 7.16. The number of aromatic amines is 2. The largest absolute Gasteiger partial charge is 0.341 e. The van der Waals surface area contributed by atoms with Gasteiger partial charge in [0, 0.05) is 25.1 Å². The molecule has 6 nitrogen and oxygen atoms in total. The summed E-state index contributed by atoms with van der Waals surface area (Å²) in [6.07, 6.45) is 5.36. The quantitative estimate of drug-likeness (QED) is 0.839. The molecule has 0 spiro atoms. The third kappa shape index (κ3) is 3.38. The number of hydrogen-bond donors (Lipinski definition) is 2. The van der Waals surface area contributed by atoms with Crippen molar-refractivity contribution in [2.75, 3.05) is 7.05 Å². The monoisotopic (exact) mass is 343 g/mol. The molecular weight excluding hydrogens is 318 g/mol. The van der Waals surface area contributed by atoms with Gasteiger partial charge >= 0.3 is 11.1 Å². The summed E-state index contributed by atoms with van der Waals surface area (Å²) in [6, 6.07) is 1.86. The molecule has 0 radical (unpaired) electrons. The lowest BCUT2D eigenvalue weighted by Crippen LogP contribution is -2.34. The average Bonchev–Trinajstić information content (AvgIpc) is 2.61. The summed E-state index contributed by atoms with van der Waals surface area (Å²) >= 11 is 0. The number of fused-ring (bicyclic) bond motifs is 1. The van der Waals surface area contributed by atoms with Crippen molar-refractivity contribution in [3.8, 4) is 0 Å². The summed E-state index contributed by atoms with van der Waals surface area (Å²) in [7, 11) is 1.81. The molecule has 3 rings (SSSR count). The Kier molecular flexibility index (Phi) is 4.79. The van der Waals surface area contributed by atoms with Gasteiger partial charge in [0.15, 0.2) is 0 Å². The van der Waals surface area contributed by atoms with Crippen molar-refractivity contribution in [2.45, 2.75) is 52.5 Å². The van der Waals surface area contributed by atoms with Gasteiger partial charge in [0.1, 0.15) is 0 Å². The third-order valence-electron chi connectivity index (χ3n) is 5.40. The van der Waals surface area contributed by atoms with Crippen molar-refractivity contribution in [3.05, 3.63) is 43.5 Å². The molecule has 25 heavy (non-hydrogen) atoms. The number of H-pyrrole nitrogens is 2. The highest BCUT2D eigenvalue weighted by Gasteiger charge is 2.25. The molecular formula is C19H25N3O3. The Morgan fingerprint density at radius 2 is 1.76 bits per heavy atom. The lowest BCUT2D eigenvalue weighted by atomic mass is 9.88. The van der Waals surface area contributed by atoms with Crippen molar-refractivity contribution in [2.24, 2.45) is 5.92 Å². The number of rotatable bonds is 3. The molecule has 6 heteroatoms. The average molecular weight is 343 g/mol. The molecule has 0 aliphatic heterocycles. The van der Waals surface area contributed by atoms with Gasteiger partial charge in [-0.3, -0.25) is 14.4 Å². The minimum absolute atomic E-state index is 0.106. The first-order valence-electron chi connectivity index (χ1n) is 8.89. The van der Waals surface area contributed by atoms with Gasteiger partial charge in [-0.15, -0.1) is 0 Å². The highest BCUT2D eigenvalue weighted by molar-refractivity contribution is 5.82. The molecule has 1 aromatic heterocycles. The van der Waals surface area contributed by atoms with Crippen LogP contribution in [0.25, 0.3) is 11.0 Å². The molecule has 2 N–H and O–H groups in total. The van der Waals surface area contributed by atoms with Gasteiger partial charge < -0.3 is 14.9 Å². The van der Waals surface area contributed by atoms with Crippen LogP contribution in [0, 0.1) is 19.8 Å². The molecule has 1 amide bonds. The highest BCUT2D eigenvalue weighted by Crippen LogP contribution is 2.27. The van der Waals surface area contributed by atoms with Gasteiger partial charge in [0.25, 0.3) is 0 Å². The maximum atomic E-state index is 12.8. The Hall–Kier alpha value is -2.37. The molecule has 0 bridgehead atoms. The zero-order valence-corrected chi connectivity index (χ0v) is 15.1. The van der Waals surface area contributed by atoms with E-state index in [4.69, 9.17) is 0 Å². The number of aryl methyl sites for hydroxylation is 1. The molecule has 0 atom stereocenters. The second-order valence-electron chi connectivity index (χ2n) is 7.16. The Balaban J connectivity index is 1.98. The van der Waals surface area contributed by atoms with E-state index in [1.807, 2.05) is 27.0 Å². The molecule has 134 valence electrons. The topological polar surface area (TPSA) is 86.0 Å². The van der Waals surface area contributed by atoms with E-state index in [-0.39, 0.29) is 11.8 Å². The molecule has 1 aliphatic carbocycles. The number of benzene rings is 1. The van der Waals surface area contributed by atoms with Crippen LogP contribution in [-0.4, -0.2) is 27.8 Å². The SMILES string of the molecule is Cc1cc2[nH]c(=O)c(=O)[nH]c2c(CN(C)C(=O)C2CCCCC2)c1C. The van der Waals surface area contributed by atoms with Crippen LogP contribution < -0.4 is 11.1 Å². The van der Waals surface area contributed by atoms with E-state index in [9.17, 15) is 14.4 Å². The Morgan fingerprint density at radius 3 is 2.44 bits per heavy atom. The van der Waals surface area contributed by atoms with E-state index in [0.717, 1.165) is 42.4 Å². The van der Waals surface area contributed by atoms with Crippen LogP contribution in [0.2, 0.25) is 0 Å². The first kappa shape index (κ1) is 17.5. The van der Waals surface area contributed by atoms with E-state index in [2.05, 4.69) is 9.97 Å². The minimum Gasteiger partial charge on any atom is -0.341 e. The zero-order chi connectivity index (χ0) is 18.1. The molecule has 2 aromatic rings. The molecule has 1 aromatic carbocycles. The zero-order valence-electron chi connectivity index (χ0n) is 15.1. The maximum absolute atomic E-state index is 12.8. The fourth-order valence-corrected chi connectivity index (χ4v) is 3.75. The molecule has 0 unspecified atom stereocenters. The standard InChI is InChI=1S/C19H25N3O3/c1-11-9-15-16(21-18(24)17(23)20-15)14(12(11)2)10-22(3)19(25)13-7-5-4-6-8-13/h9,13H,4-8,10H2,1-3H3,(H,20,23)(H,21,24).